The van der Waals surface area contributed by atoms with E-state index in [9.17, 15) is 9.59 Å². The maximum Gasteiger partial charge on any atom is 0.355 e. The van der Waals surface area contributed by atoms with Gasteiger partial charge in [0.1, 0.15) is 11.3 Å². The van der Waals surface area contributed by atoms with E-state index in [0.29, 0.717) is 6.54 Å². The fourth-order valence-corrected chi connectivity index (χ4v) is 2.17. The first-order chi connectivity index (χ1) is 13.5. The lowest BCUT2D eigenvalue weighted by atomic mass is 10.1. The molecule has 1 aromatic rings. The van der Waals surface area contributed by atoms with Crippen LogP contribution in [-0.2, 0) is 4.74 Å². The SMILES string of the molecule is [2H]C([2H])([2H])c1[nH]c(C(=O)OC(C)(C)C)c(C([2H])([2H])[2H])c1C(=O)NCCN(CC)CC. The van der Waals surface area contributed by atoms with Gasteiger partial charge < -0.3 is 19.9 Å². The number of aromatic amines is 1. The van der Waals surface area contributed by atoms with Gasteiger partial charge in [-0.1, -0.05) is 13.8 Å². The zero-order chi connectivity index (χ0) is 23.5. The second-order valence-electron chi connectivity index (χ2n) is 6.41. The van der Waals surface area contributed by atoms with Crippen LogP contribution < -0.4 is 5.32 Å². The predicted molar refractivity (Wildman–Crippen MR) is 95.6 cm³/mol. The molecule has 2 N–H and O–H groups in total. The maximum absolute atomic E-state index is 12.9. The standard InChI is InChI=1S/C18H31N3O3/c1-8-21(9-2)11-10-19-16(22)14-12(3)15(20-13(14)4)17(23)24-18(5,6)7/h20H,8-11H2,1-7H3,(H,19,22)/i3D3,4D3. The number of ether oxygens (including phenoxy) is 1. The lowest BCUT2D eigenvalue weighted by Crippen LogP contribution is -2.35. The second kappa shape index (κ2) is 8.33. The fraction of sp³-hybridized carbons (Fsp3) is 0.667. The monoisotopic (exact) mass is 343 g/mol. The molecule has 0 bridgehead atoms. The first-order valence-electron chi connectivity index (χ1n) is 11.0. The first-order valence-corrected chi connectivity index (χ1v) is 8.03. The highest BCUT2D eigenvalue weighted by molar-refractivity contribution is 6.01. The number of nitrogens with one attached hydrogen (secondary N) is 2. The van der Waals surface area contributed by atoms with Gasteiger partial charge in [0, 0.05) is 27.0 Å². The van der Waals surface area contributed by atoms with Crippen molar-refractivity contribution in [3.05, 3.63) is 22.5 Å². The minimum Gasteiger partial charge on any atom is -0.455 e. The zero-order valence-electron chi connectivity index (χ0n) is 21.0. The van der Waals surface area contributed by atoms with Gasteiger partial charge in [0.05, 0.1) is 5.56 Å². The van der Waals surface area contributed by atoms with Crippen molar-refractivity contribution in [2.45, 2.75) is 53.9 Å². The van der Waals surface area contributed by atoms with Crippen LogP contribution in [0.1, 0.15) is 74.9 Å². The number of carbonyl (C=O) groups is 2. The molecule has 0 spiro atoms. The fourth-order valence-electron chi connectivity index (χ4n) is 2.17. The van der Waals surface area contributed by atoms with Gasteiger partial charge in [-0.05, 0) is 53.1 Å². The molecule has 0 unspecified atom stereocenters. The van der Waals surface area contributed by atoms with E-state index in [2.05, 4.69) is 10.3 Å². The van der Waals surface area contributed by atoms with Crippen molar-refractivity contribution < 1.29 is 22.6 Å². The van der Waals surface area contributed by atoms with E-state index in [-0.39, 0.29) is 6.54 Å². The van der Waals surface area contributed by atoms with Crippen molar-refractivity contribution >= 4 is 11.9 Å². The number of nitrogens with zero attached hydrogens (tertiary/aromatic N) is 1. The Labute approximate surface area is 153 Å². The van der Waals surface area contributed by atoms with E-state index in [0.717, 1.165) is 13.1 Å². The number of likely N-dealkylation sites (N-methyl/N-ethyl adjacent to an activating group) is 1. The van der Waals surface area contributed by atoms with Gasteiger partial charge in [0.15, 0.2) is 0 Å². The number of rotatable bonds is 7. The van der Waals surface area contributed by atoms with E-state index in [4.69, 9.17) is 13.0 Å². The summed E-state index contributed by atoms with van der Waals surface area (Å²) >= 11 is 0. The third kappa shape index (κ3) is 5.37. The van der Waals surface area contributed by atoms with Crippen molar-refractivity contribution in [2.75, 3.05) is 26.2 Å². The Morgan fingerprint density at radius 3 is 2.42 bits per heavy atom. The minimum absolute atomic E-state index is 0.189. The van der Waals surface area contributed by atoms with Gasteiger partial charge in [-0.25, -0.2) is 4.79 Å². The Hall–Kier alpha value is -1.82. The normalized spacial score (nSPS) is 16.4. The summed E-state index contributed by atoms with van der Waals surface area (Å²) in [4.78, 5) is 29.8. The Bertz CT molecular complexity index is 759. The van der Waals surface area contributed by atoms with E-state index >= 15 is 0 Å². The summed E-state index contributed by atoms with van der Waals surface area (Å²) in [5.74, 6) is -1.91. The van der Waals surface area contributed by atoms with Crippen LogP contribution in [0.3, 0.4) is 0 Å². The number of carbonyl (C=O) groups excluding carboxylic acids is 2. The molecular formula is C18H31N3O3. The van der Waals surface area contributed by atoms with E-state index < -0.39 is 53.7 Å². The molecule has 6 nitrogen and oxygen atoms in total. The van der Waals surface area contributed by atoms with Gasteiger partial charge in [-0.2, -0.15) is 0 Å². The molecule has 136 valence electrons. The maximum atomic E-state index is 12.9. The van der Waals surface area contributed by atoms with Crippen LogP contribution in [0, 0.1) is 13.7 Å². The van der Waals surface area contributed by atoms with Crippen LogP contribution in [0.25, 0.3) is 0 Å². The minimum atomic E-state index is -2.92. The Kier molecular flexibility index (Phi) is 4.35. The topological polar surface area (TPSA) is 74.4 Å². The molecule has 0 aliphatic carbocycles. The van der Waals surface area contributed by atoms with Crippen molar-refractivity contribution in [2.24, 2.45) is 0 Å². The van der Waals surface area contributed by atoms with Crippen LogP contribution in [-0.4, -0.2) is 53.5 Å². The molecular weight excluding hydrogens is 306 g/mol. The Morgan fingerprint density at radius 2 is 1.92 bits per heavy atom. The van der Waals surface area contributed by atoms with Crippen LogP contribution in [0.5, 0.6) is 0 Å². The third-order valence-electron chi connectivity index (χ3n) is 3.44. The lowest BCUT2D eigenvalue weighted by Gasteiger charge is -2.19. The van der Waals surface area contributed by atoms with Gasteiger partial charge in [-0.15, -0.1) is 0 Å². The smallest absolute Gasteiger partial charge is 0.355 e. The summed E-state index contributed by atoms with van der Waals surface area (Å²) in [5.41, 5.74) is -3.31. The molecule has 6 heteroatoms. The van der Waals surface area contributed by atoms with Crippen LogP contribution in [0.2, 0.25) is 0 Å². The van der Waals surface area contributed by atoms with E-state index in [1.807, 2.05) is 18.7 Å². The first kappa shape index (κ1) is 12.5. The second-order valence-corrected chi connectivity index (χ2v) is 6.41. The average molecular weight is 344 g/mol. The summed E-state index contributed by atoms with van der Waals surface area (Å²) in [6.45, 7) is 5.16. The lowest BCUT2D eigenvalue weighted by molar-refractivity contribution is 0.00626. The highest BCUT2D eigenvalue weighted by atomic mass is 16.6. The van der Waals surface area contributed by atoms with Gasteiger partial charge in [0.2, 0.25) is 0 Å². The molecule has 1 amide bonds. The summed E-state index contributed by atoms with van der Waals surface area (Å²) < 4.78 is 51.9. The zero-order valence-corrected chi connectivity index (χ0v) is 15.0. The van der Waals surface area contributed by atoms with E-state index in [1.165, 1.54) is 0 Å². The summed E-state index contributed by atoms with van der Waals surface area (Å²) in [6, 6.07) is 0. The Balaban J connectivity index is 3.47. The molecule has 1 aromatic heterocycles. The van der Waals surface area contributed by atoms with Crippen molar-refractivity contribution in [3.63, 3.8) is 0 Å². The molecule has 0 aliphatic heterocycles. The third-order valence-corrected chi connectivity index (χ3v) is 3.44. The molecule has 0 radical (unpaired) electrons. The Morgan fingerprint density at radius 1 is 1.25 bits per heavy atom. The number of hydrogen-bond donors (Lipinski definition) is 2. The van der Waals surface area contributed by atoms with Crippen LogP contribution in [0.4, 0.5) is 0 Å². The highest BCUT2D eigenvalue weighted by Crippen LogP contribution is 2.20. The van der Waals surface area contributed by atoms with Crippen molar-refractivity contribution in [1.29, 1.82) is 0 Å². The van der Waals surface area contributed by atoms with E-state index in [1.54, 1.807) is 20.8 Å². The molecule has 0 saturated carbocycles. The molecule has 1 rings (SSSR count). The number of H-pyrrole nitrogens is 1. The van der Waals surface area contributed by atoms with Gasteiger partial charge >= 0.3 is 5.97 Å². The van der Waals surface area contributed by atoms with Gasteiger partial charge in [-0.3, -0.25) is 4.79 Å². The molecule has 1 heterocycles. The molecule has 0 atom stereocenters. The number of hydrogen-bond acceptors (Lipinski definition) is 4. The molecule has 24 heavy (non-hydrogen) atoms. The number of aryl methyl sites for hydroxylation is 1. The quantitative estimate of drug-likeness (QED) is 0.747. The highest BCUT2D eigenvalue weighted by Gasteiger charge is 2.25. The summed E-state index contributed by atoms with van der Waals surface area (Å²) in [7, 11) is 0. The van der Waals surface area contributed by atoms with Crippen LogP contribution in [0.15, 0.2) is 0 Å². The van der Waals surface area contributed by atoms with Crippen molar-refractivity contribution in [3.8, 4) is 0 Å². The molecule has 0 aliphatic rings. The van der Waals surface area contributed by atoms with Crippen LogP contribution >= 0.6 is 0 Å². The molecule has 0 fully saturated rings. The summed E-state index contributed by atoms with van der Waals surface area (Å²) in [6.07, 6.45) is 0. The molecule has 0 aromatic carbocycles. The summed E-state index contributed by atoms with van der Waals surface area (Å²) in [5, 5.41) is 2.57. The van der Waals surface area contributed by atoms with Gasteiger partial charge in [0.25, 0.3) is 5.91 Å². The number of aromatic nitrogens is 1. The largest absolute Gasteiger partial charge is 0.455 e. The average Bonchev–Trinajstić information content (AvgIpc) is 2.98. The number of esters is 1. The molecule has 0 saturated heterocycles. The van der Waals surface area contributed by atoms with Crippen molar-refractivity contribution in [1.82, 2.24) is 15.2 Å². The predicted octanol–water partition coefficient (Wildman–Crippen LogP) is 2.66. The number of amides is 1.